The Hall–Kier alpha value is -0.950. The van der Waals surface area contributed by atoms with E-state index in [-0.39, 0.29) is 12.0 Å². The molecule has 0 aromatic rings. The highest BCUT2D eigenvalue weighted by atomic mass is 32.1. The number of carbonyl (C=O) groups excluding carboxylic acids is 1. The smallest absolute Gasteiger partial charge is 0.407 e. The van der Waals surface area contributed by atoms with E-state index in [1.54, 1.807) is 0 Å². The van der Waals surface area contributed by atoms with Gasteiger partial charge in [0.25, 0.3) is 0 Å². The van der Waals surface area contributed by atoms with E-state index in [1.165, 1.54) is 0 Å². The quantitative estimate of drug-likeness (QED) is 0.829. The zero-order valence-electron chi connectivity index (χ0n) is 13.3. The normalized spacial score (nSPS) is 25.3. The van der Waals surface area contributed by atoms with Crippen molar-refractivity contribution < 1.29 is 23.1 Å². The van der Waals surface area contributed by atoms with Crippen LogP contribution >= 0.6 is 0 Å². The van der Waals surface area contributed by atoms with Crippen molar-refractivity contribution in [3.63, 3.8) is 0 Å². The third-order valence-corrected chi connectivity index (χ3v) is 3.68. The van der Waals surface area contributed by atoms with E-state index in [4.69, 9.17) is 13.2 Å². The third kappa shape index (κ3) is 8.83. The topological polar surface area (TPSA) is 92.7 Å². The van der Waals surface area contributed by atoms with E-state index in [2.05, 4.69) is 12.2 Å². The van der Waals surface area contributed by atoms with Crippen LogP contribution in [0.4, 0.5) is 4.79 Å². The number of ether oxygens (including phenoxy) is 1. The molecule has 6 nitrogen and oxygen atoms in total. The molecule has 0 spiro atoms. The van der Waals surface area contributed by atoms with E-state index < -0.39 is 23.3 Å². The summed E-state index contributed by atoms with van der Waals surface area (Å²) in [6.45, 7) is 8.41. The number of hydrogen-bond donors (Lipinski definition) is 2. The highest BCUT2D eigenvalue weighted by Gasteiger charge is 2.34. The summed E-state index contributed by atoms with van der Waals surface area (Å²) in [5.74, 6) is 0.728. The Kier molecular flexibility index (Phi) is 8.73. The third-order valence-electron chi connectivity index (χ3n) is 3.68. The fourth-order valence-electron chi connectivity index (χ4n) is 2.34. The SMILES string of the molecule is CC1CCC(CO)(CNC(=O)OC(C)(C)C)CC1.O=S=O. The molecular weight excluding hydrogens is 294 g/mol. The van der Waals surface area contributed by atoms with Crippen LogP contribution in [0, 0.1) is 11.3 Å². The molecule has 124 valence electrons. The predicted molar refractivity (Wildman–Crippen MR) is 80.3 cm³/mol. The number of rotatable bonds is 3. The molecule has 1 saturated carbocycles. The highest BCUT2D eigenvalue weighted by Crippen LogP contribution is 2.37. The fraction of sp³-hybridized carbons (Fsp3) is 0.929. The molecule has 0 aromatic carbocycles. The molecule has 0 atom stereocenters. The van der Waals surface area contributed by atoms with Crippen LogP contribution in [0.1, 0.15) is 53.4 Å². The van der Waals surface area contributed by atoms with Crippen molar-refractivity contribution in [2.45, 2.75) is 59.0 Å². The Morgan fingerprint density at radius 1 is 1.33 bits per heavy atom. The van der Waals surface area contributed by atoms with Crippen LogP contribution in [-0.2, 0) is 16.3 Å². The Labute approximate surface area is 130 Å². The van der Waals surface area contributed by atoms with Gasteiger partial charge in [0.05, 0.1) is 6.61 Å². The number of hydrogen-bond acceptors (Lipinski definition) is 5. The largest absolute Gasteiger partial charge is 0.444 e. The van der Waals surface area contributed by atoms with Gasteiger partial charge in [-0.3, -0.25) is 0 Å². The van der Waals surface area contributed by atoms with Crippen LogP contribution < -0.4 is 5.32 Å². The lowest BCUT2D eigenvalue weighted by Crippen LogP contribution is -2.43. The summed E-state index contributed by atoms with van der Waals surface area (Å²) in [5, 5.41) is 12.4. The fourth-order valence-corrected chi connectivity index (χ4v) is 2.34. The number of aliphatic hydroxyl groups excluding tert-OH is 1. The summed E-state index contributed by atoms with van der Waals surface area (Å²) in [5.41, 5.74) is -0.624. The first kappa shape index (κ1) is 20.1. The number of alkyl carbamates (subject to hydrolysis) is 1. The first-order chi connectivity index (χ1) is 9.68. The molecule has 0 aliphatic heterocycles. The summed E-state index contributed by atoms with van der Waals surface area (Å²) in [6, 6.07) is 0. The molecule has 1 rings (SSSR count). The van der Waals surface area contributed by atoms with Gasteiger partial charge in [0.15, 0.2) is 0 Å². The van der Waals surface area contributed by atoms with Gasteiger partial charge in [-0.25, -0.2) is 4.79 Å². The lowest BCUT2D eigenvalue weighted by atomic mass is 9.71. The second-order valence-electron chi connectivity index (χ2n) is 6.76. The maximum absolute atomic E-state index is 11.6. The second kappa shape index (κ2) is 9.15. The molecule has 1 amide bonds. The predicted octanol–water partition coefficient (Wildman–Crippen LogP) is 2.03. The number of carbonyl (C=O) groups is 1. The average molecular weight is 321 g/mol. The molecule has 0 unspecified atom stereocenters. The summed E-state index contributed by atoms with van der Waals surface area (Å²) in [4.78, 5) is 11.6. The minimum absolute atomic E-state index is 0.134. The Balaban J connectivity index is 0.00000122. The van der Waals surface area contributed by atoms with Crippen LogP contribution in [0.25, 0.3) is 0 Å². The molecular formula is C14H27NO5S. The van der Waals surface area contributed by atoms with Gasteiger partial charge < -0.3 is 15.2 Å². The molecule has 0 bridgehead atoms. The standard InChI is InChI=1S/C14H27NO3.O2S/c1-11-5-7-14(10-16,8-6-11)9-15-12(17)18-13(2,3)4;1-3-2/h11,16H,5-10H2,1-4H3,(H,15,17);. The molecule has 1 aliphatic carbocycles. The number of amides is 1. The minimum atomic E-state index is -0.750. The highest BCUT2D eigenvalue weighted by molar-refractivity contribution is 7.51. The van der Waals surface area contributed by atoms with Crippen molar-refractivity contribution in [2.24, 2.45) is 11.3 Å². The maximum Gasteiger partial charge on any atom is 0.407 e. The minimum Gasteiger partial charge on any atom is -0.444 e. The first-order valence-electron chi connectivity index (χ1n) is 7.17. The zero-order chi connectivity index (χ0) is 16.5. The summed E-state index contributed by atoms with van der Waals surface area (Å²) >= 11 is -0.750. The number of nitrogens with one attached hydrogen (secondary N) is 1. The molecule has 0 radical (unpaired) electrons. The van der Waals surface area contributed by atoms with Gasteiger partial charge in [-0.1, -0.05) is 19.8 Å². The van der Waals surface area contributed by atoms with Gasteiger partial charge >= 0.3 is 17.7 Å². The van der Waals surface area contributed by atoms with Gasteiger partial charge in [-0.2, -0.15) is 8.42 Å². The van der Waals surface area contributed by atoms with E-state index in [0.29, 0.717) is 6.54 Å². The molecule has 21 heavy (non-hydrogen) atoms. The van der Waals surface area contributed by atoms with E-state index in [9.17, 15) is 9.90 Å². The molecule has 0 aromatic heterocycles. The van der Waals surface area contributed by atoms with Crippen LogP contribution in [0.5, 0.6) is 0 Å². The van der Waals surface area contributed by atoms with Gasteiger partial charge in [-0.05, 0) is 39.5 Å². The van der Waals surface area contributed by atoms with Crippen LogP contribution in [-0.4, -0.2) is 38.4 Å². The van der Waals surface area contributed by atoms with Crippen molar-refractivity contribution in [1.29, 1.82) is 0 Å². The van der Waals surface area contributed by atoms with E-state index in [0.717, 1.165) is 31.6 Å². The first-order valence-corrected chi connectivity index (χ1v) is 7.84. The Morgan fingerprint density at radius 2 is 1.81 bits per heavy atom. The van der Waals surface area contributed by atoms with Crippen LogP contribution in [0.3, 0.4) is 0 Å². The van der Waals surface area contributed by atoms with Crippen molar-refractivity contribution in [3.8, 4) is 0 Å². The lowest BCUT2D eigenvalue weighted by molar-refractivity contribution is 0.0377. The molecule has 2 N–H and O–H groups in total. The van der Waals surface area contributed by atoms with E-state index >= 15 is 0 Å². The van der Waals surface area contributed by atoms with Crippen molar-refractivity contribution >= 4 is 17.7 Å². The average Bonchev–Trinajstić information content (AvgIpc) is 2.38. The maximum atomic E-state index is 11.6. The lowest BCUT2D eigenvalue weighted by Gasteiger charge is -2.38. The molecule has 1 aliphatic rings. The molecule has 1 fully saturated rings. The van der Waals surface area contributed by atoms with Crippen LogP contribution in [0.2, 0.25) is 0 Å². The van der Waals surface area contributed by atoms with Gasteiger partial charge in [-0.15, -0.1) is 0 Å². The van der Waals surface area contributed by atoms with Crippen LogP contribution in [0.15, 0.2) is 0 Å². The summed E-state index contributed by atoms with van der Waals surface area (Å²) < 4.78 is 21.8. The van der Waals surface area contributed by atoms with Gasteiger partial charge in [0.1, 0.15) is 5.60 Å². The number of aliphatic hydroxyl groups is 1. The molecule has 0 heterocycles. The summed E-state index contributed by atoms with van der Waals surface area (Å²) in [7, 11) is 0. The van der Waals surface area contributed by atoms with E-state index in [1.807, 2.05) is 20.8 Å². The monoisotopic (exact) mass is 321 g/mol. The molecule has 0 saturated heterocycles. The summed E-state index contributed by atoms with van der Waals surface area (Å²) in [6.07, 6.45) is 3.79. The van der Waals surface area contributed by atoms with Crippen molar-refractivity contribution in [2.75, 3.05) is 13.2 Å². The molecule has 7 heteroatoms. The van der Waals surface area contributed by atoms with Gasteiger partial charge in [0.2, 0.25) is 0 Å². The zero-order valence-corrected chi connectivity index (χ0v) is 14.1. The van der Waals surface area contributed by atoms with Crippen molar-refractivity contribution in [3.05, 3.63) is 0 Å². The Morgan fingerprint density at radius 3 is 2.19 bits per heavy atom. The van der Waals surface area contributed by atoms with Crippen molar-refractivity contribution in [1.82, 2.24) is 5.32 Å². The Bertz CT molecular complexity index is 353. The second-order valence-corrected chi connectivity index (χ2v) is 6.90. The van der Waals surface area contributed by atoms with Gasteiger partial charge in [0, 0.05) is 12.0 Å².